The van der Waals surface area contributed by atoms with E-state index in [4.69, 9.17) is 4.43 Å². The van der Waals surface area contributed by atoms with Gasteiger partial charge in [-0.1, -0.05) is 0 Å². The molecular weight excluding hydrogens is 447 g/mol. The summed E-state index contributed by atoms with van der Waals surface area (Å²) in [6.45, 7) is 2.93. The maximum absolute atomic E-state index is 13.5. The summed E-state index contributed by atoms with van der Waals surface area (Å²) >= 11 is 0. The highest BCUT2D eigenvalue weighted by Crippen LogP contribution is 2.58. The van der Waals surface area contributed by atoms with Crippen molar-refractivity contribution in [1.29, 1.82) is 0 Å². The van der Waals surface area contributed by atoms with Crippen LogP contribution in [0.15, 0.2) is 0 Å². The quantitative estimate of drug-likeness (QED) is 0.257. The van der Waals surface area contributed by atoms with Gasteiger partial charge in [0.25, 0.3) is 0 Å². The third kappa shape index (κ3) is 5.89. The minimum absolute atomic E-state index is 1.26. The molecule has 0 aliphatic carbocycles. The molecule has 0 aromatic rings. The van der Waals surface area contributed by atoms with Gasteiger partial charge in [-0.05, 0) is 19.6 Å². The lowest BCUT2D eigenvalue weighted by atomic mass is 9.91. The van der Waals surface area contributed by atoms with E-state index < -0.39 is 70.0 Å². The van der Waals surface area contributed by atoms with Gasteiger partial charge < -0.3 is 4.43 Å². The van der Waals surface area contributed by atoms with E-state index in [2.05, 4.69) is 0 Å². The third-order valence-electron chi connectivity index (χ3n) is 3.38. The Morgan fingerprint density at radius 1 is 0.536 bits per heavy atom. The highest BCUT2D eigenvalue weighted by molar-refractivity contribution is 6.69. The Hall–Kier alpha value is -0.733. The van der Waals surface area contributed by atoms with Gasteiger partial charge in [0.1, 0.15) is 0 Å². The van der Waals surface area contributed by atoms with Crippen molar-refractivity contribution in [2.45, 2.75) is 74.7 Å². The summed E-state index contributed by atoms with van der Waals surface area (Å²) in [5, 5.41) is 0. The van der Waals surface area contributed by atoms with Crippen LogP contribution in [-0.4, -0.2) is 50.7 Å². The van der Waals surface area contributed by atoms with Crippen LogP contribution in [0.5, 0.6) is 0 Å². The number of rotatable bonds is 10. The highest BCUT2D eigenvalue weighted by Gasteiger charge is 2.85. The molecule has 0 heterocycles. The molecule has 0 fully saturated rings. The molecule has 0 spiro atoms. The monoisotopic (exact) mass is 464 g/mol. The van der Waals surface area contributed by atoms with Gasteiger partial charge in [0.2, 0.25) is 0 Å². The Morgan fingerprint density at radius 3 is 1.21 bits per heavy atom. The van der Waals surface area contributed by atoms with Crippen molar-refractivity contribution < 1.29 is 61.5 Å². The van der Waals surface area contributed by atoms with Crippen LogP contribution in [0.2, 0.25) is 19.6 Å². The molecule has 0 atom stereocenters. The van der Waals surface area contributed by atoms with Crippen molar-refractivity contribution in [3.63, 3.8) is 0 Å². The smallest absolute Gasteiger partial charge is 0.389 e. The van der Waals surface area contributed by atoms with Crippen molar-refractivity contribution in [3.05, 3.63) is 0 Å². The standard InChI is InChI=1S/C13H17F13OSi/c1-28(2,3)27-7-6-9(16,17)12(23,24)13(25,26)11(21,22)8(14,15)4-5-10(18,19)20/h4-7H2,1-3H3. The second kappa shape index (κ2) is 7.83. The van der Waals surface area contributed by atoms with Crippen LogP contribution in [0.25, 0.3) is 0 Å². The second-order valence-corrected chi connectivity index (χ2v) is 11.5. The van der Waals surface area contributed by atoms with Crippen molar-refractivity contribution in [2.75, 3.05) is 6.61 Å². The predicted molar refractivity (Wildman–Crippen MR) is 73.9 cm³/mol. The predicted octanol–water partition coefficient (Wildman–Crippen LogP) is 6.75. The van der Waals surface area contributed by atoms with Crippen LogP contribution >= 0.6 is 0 Å². The van der Waals surface area contributed by atoms with Crippen LogP contribution in [0.4, 0.5) is 57.1 Å². The fourth-order valence-corrected chi connectivity index (χ4v) is 2.47. The Bertz CT molecular complexity index is 522. The minimum Gasteiger partial charge on any atom is -0.417 e. The van der Waals surface area contributed by atoms with Gasteiger partial charge in [-0.25, -0.2) is 0 Å². The van der Waals surface area contributed by atoms with E-state index in [0.717, 1.165) is 0 Å². The van der Waals surface area contributed by atoms with Gasteiger partial charge in [0.15, 0.2) is 8.32 Å². The van der Waals surface area contributed by atoms with E-state index in [1.54, 1.807) is 0 Å². The lowest BCUT2D eigenvalue weighted by Crippen LogP contribution is -2.67. The van der Waals surface area contributed by atoms with Crippen molar-refractivity contribution >= 4 is 8.32 Å². The van der Waals surface area contributed by atoms with Gasteiger partial charge in [0.05, 0.1) is 0 Å². The Balaban J connectivity index is 5.70. The Morgan fingerprint density at radius 2 is 0.893 bits per heavy atom. The molecule has 0 N–H and O–H groups in total. The summed E-state index contributed by atoms with van der Waals surface area (Å²) in [6, 6.07) is 0. The minimum atomic E-state index is -7.36. The highest BCUT2D eigenvalue weighted by atomic mass is 28.4. The van der Waals surface area contributed by atoms with E-state index in [0.29, 0.717) is 0 Å². The molecule has 1 nitrogen and oxygen atoms in total. The molecule has 0 bridgehead atoms. The summed E-state index contributed by atoms with van der Waals surface area (Å²) < 4.78 is 175. The summed E-state index contributed by atoms with van der Waals surface area (Å²) in [4.78, 5) is 0. The van der Waals surface area contributed by atoms with Gasteiger partial charge in [-0.3, -0.25) is 0 Å². The van der Waals surface area contributed by atoms with E-state index in [1.165, 1.54) is 19.6 Å². The Kier molecular flexibility index (Phi) is 7.63. The maximum Gasteiger partial charge on any atom is 0.389 e. The summed E-state index contributed by atoms with van der Waals surface area (Å²) in [6.07, 6.45) is -13.4. The average molecular weight is 464 g/mol. The fourth-order valence-electron chi connectivity index (χ4n) is 1.75. The number of hydrogen-bond acceptors (Lipinski definition) is 1. The van der Waals surface area contributed by atoms with Crippen molar-refractivity contribution in [2.24, 2.45) is 0 Å². The van der Waals surface area contributed by atoms with Crippen molar-refractivity contribution in [1.82, 2.24) is 0 Å². The first kappa shape index (κ1) is 27.3. The van der Waals surface area contributed by atoms with Gasteiger partial charge >= 0.3 is 35.8 Å². The molecule has 0 aliphatic heterocycles. The molecule has 0 amide bonds. The molecule has 0 aromatic carbocycles. The molecule has 0 aromatic heterocycles. The van der Waals surface area contributed by atoms with E-state index in [9.17, 15) is 57.1 Å². The van der Waals surface area contributed by atoms with E-state index in [-0.39, 0.29) is 0 Å². The number of hydrogen-bond donors (Lipinski definition) is 0. The normalized spacial score (nSPS) is 15.9. The number of halogens is 13. The molecule has 170 valence electrons. The molecule has 0 unspecified atom stereocenters. The number of alkyl halides is 13. The topological polar surface area (TPSA) is 9.23 Å². The summed E-state index contributed by atoms with van der Waals surface area (Å²) in [7, 11) is -2.60. The van der Waals surface area contributed by atoms with Crippen LogP contribution in [-0.2, 0) is 4.43 Å². The molecule has 28 heavy (non-hydrogen) atoms. The molecular formula is C13H17F13OSi. The molecule has 15 heteroatoms. The van der Waals surface area contributed by atoms with Gasteiger partial charge in [-0.15, -0.1) is 0 Å². The molecule has 0 saturated heterocycles. The molecule has 0 saturated carbocycles. The first-order valence-corrected chi connectivity index (χ1v) is 10.9. The van der Waals surface area contributed by atoms with Crippen LogP contribution in [0.1, 0.15) is 19.3 Å². The van der Waals surface area contributed by atoms with Gasteiger partial charge in [0, 0.05) is 25.9 Å². The molecule has 0 radical (unpaired) electrons. The third-order valence-corrected chi connectivity index (χ3v) is 4.45. The van der Waals surface area contributed by atoms with Gasteiger partial charge in [-0.2, -0.15) is 57.1 Å². The van der Waals surface area contributed by atoms with Crippen LogP contribution < -0.4 is 0 Å². The van der Waals surface area contributed by atoms with E-state index in [1.807, 2.05) is 0 Å². The average Bonchev–Trinajstić information content (AvgIpc) is 2.42. The zero-order valence-electron chi connectivity index (χ0n) is 14.7. The summed E-state index contributed by atoms with van der Waals surface area (Å²) in [5.74, 6) is -33.8. The SMILES string of the molecule is C[Si](C)(C)OCCC(F)(F)C(F)(F)C(F)(F)C(F)(F)C(F)(F)CCC(F)(F)F. The zero-order chi connectivity index (χ0) is 23.0. The first-order chi connectivity index (χ1) is 11.9. The summed E-state index contributed by atoms with van der Waals surface area (Å²) in [5.41, 5.74) is 0. The largest absolute Gasteiger partial charge is 0.417 e. The van der Waals surface area contributed by atoms with E-state index >= 15 is 0 Å². The fraction of sp³-hybridized carbons (Fsp3) is 1.00. The lowest BCUT2D eigenvalue weighted by molar-refractivity contribution is -0.403. The van der Waals surface area contributed by atoms with Crippen LogP contribution in [0.3, 0.4) is 0 Å². The van der Waals surface area contributed by atoms with Crippen molar-refractivity contribution in [3.8, 4) is 0 Å². The van der Waals surface area contributed by atoms with Crippen LogP contribution in [0, 0.1) is 0 Å². The zero-order valence-corrected chi connectivity index (χ0v) is 15.7. The molecule has 0 rings (SSSR count). The Labute approximate surface area is 152 Å². The first-order valence-electron chi connectivity index (χ1n) is 7.51. The molecule has 0 aliphatic rings. The maximum atomic E-state index is 13.5. The second-order valence-electron chi connectivity index (χ2n) is 6.96. The lowest BCUT2D eigenvalue weighted by Gasteiger charge is -2.39.